The Labute approximate surface area is 83.2 Å². The first-order valence-corrected chi connectivity index (χ1v) is 4.27. The number of benzene rings is 1. The van der Waals surface area contributed by atoms with Crippen LogP contribution in [-0.2, 0) is 4.79 Å². The van der Waals surface area contributed by atoms with Gasteiger partial charge in [0.05, 0.1) is 0 Å². The molecule has 0 saturated carbocycles. The van der Waals surface area contributed by atoms with E-state index in [4.69, 9.17) is 5.11 Å². The molecule has 0 saturated heterocycles. The summed E-state index contributed by atoms with van der Waals surface area (Å²) in [7, 11) is 0. The summed E-state index contributed by atoms with van der Waals surface area (Å²) in [5.74, 6) is -0.915. The fourth-order valence-electron chi connectivity index (χ4n) is 1.06. The van der Waals surface area contributed by atoms with E-state index in [1.54, 1.807) is 13.0 Å². The number of allylic oxidation sites excluding steroid dienone is 2. The number of carbonyl (C=O) groups is 1. The van der Waals surface area contributed by atoms with Gasteiger partial charge in [-0.25, -0.2) is 4.79 Å². The predicted molar refractivity (Wildman–Crippen MR) is 56.9 cm³/mol. The molecule has 72 valence electrons. The van der Waals surface area contributed by atoms with Crippen molar-refractivity contribution in [3.63, 3.8) is 0 Å². The smallest absolute Gasteiger partial charge is 0.331 e. The van der Waals surface area contributed by atoms with Crippen molar-refractivity contribution in [2.24, 2.45) is 0 Å². The second kappa shape index (κ2) is 4.42. The Morgan fingerprint density at radius 3 is 2.43 bits per heavy atom. The number of hydrogen-bond donors (Lipinski definition) is 1. The molecule has 1 aromatic carbocycles. The topological polar surface area (TPSA) is 37.3 Å². The van der Waals surface area contributed by atoms with Gasteiger partial charge in [0.25, 0.3) is 0 Å². The van der Waals surface area contributed by atoms with Crippen LogP contribution in [0.1, 0.15) is 12.5 Å². The van der Waals surface area contributed by atoms with Gasteiger partial charge < -0.3 is 5.11 Å². The molecule has 0 spiro atoms. The minimum Gasteiger partial charge on any atom is -0.478 e. The molecule has 0 heterocycles. The monoisotopic (exact) mass is 188 g/mol. The van der Waals surface area contributed by atoms with E-state index in [2.05, 4.69) is 6.58 Å². The van der Waals surface area contributed by atoms with Crippen LogP contribution in [0.5, 0.6) is 0 Å². The summed E-state index contributed by atoms with van der Waals surface area (Å²) < 4.78 is 0. The first kappa shape index (κ1) is 10.3. The van der Waals surface area contributed by atoms with Gasteiger partial charge in [0.15, 0.2) is 0 Å². The second-order valence-electron chi connectivity index (χ2n) is 3.02. The van der Waals surface area contributed by atoms with Gasteiger partial charge in [0, 0.05) is 5.57 Å². The first-order valence-electron chi connectivity index (χ1n) is 4.27. The van der Waals surface area contributed by atoms with E-state index < -0.39 is 5.97 Å². The third-order valence-electron chi connectivity index (χ3n) is 1.87. The Morgan fingerprint density at radius 1 is 1.36 bits per heavy atom. The van der Waals surface area contributed by atoms with Gasteiger partial charge in [-0.3, -0.25) is 0 Å². The van der Waals surface area contributed by atoms with Crippen LogP contribution >= 0.6 is 0 Å². The van der Waals surface area contributed by atoms with Crippen molar-refractivity contribution in [2.75, 3.05) is 0 Å². The molecule has 0 aliphatic rings. The highest BCUT2D eigenvalue weighted by atomic mass is 16.4. The van der Waals surface area contributed by atoms with Gasteiger partial charge >= 0.3 is 5.97 Å². The molecule has 0 aromatic heterocycles. The molecule has 2 heteroatoms. The van der Waals surface area contributed by atoms with Crippen LogP contribution in [0.25, 0.3) is 5.57 Å². The van der Waals surface area contributed by atoms with E-state index in [0.717, 1.165) is 5.56 Å². The maximum Gasteiger partial charge on any atom is 0.331 e. The van der Waals surface area contributed by atoms with Crippen molar-refractivity contribution < 1.29 is 9.90 Å². The van der Waals surface area contributed by atoms with Crippen molar-refractivity contribution in [2.45, 2.75) is 6.92 Å². The number of rotatable bonds is 3. The maximum atomic E-state index is 10.6. The van der Waals surface area contributed by atoms with Gasteiger partial charge in [-0.2, -0.15) is 0 Å². The summed E-state index contributed by atoms with van der Waals surface area (Å²) in [6.07, 6.45) is 1.57. The number of aliphatic carboxylic acids is 1. The van der Waals surface area contributed by atoms with Crippen LogP contribution in [0.2, 0.25) is 0 Å². The first-order chi connectivity index (χ1) is 6.61. The molecule has 2 nitrogen and oxygen atoms in total. The lowest BCUT2D eigenvalue weighted by Crippen LogP contribution is -1.96. The average Bonchev–Trinajstić information content (AvgIpc) is 2.19. The van der Waals surface area contributed by atoms with E-state index in [1.165, 1.54) is 0 Å². The largest absolute Gasteiger partial charge is 0.478 e. The highest BCUT2D eigenvalue weighted by Crippen LogP contribution is 2.14. The summed E-state index contributed by atoms with van der Waals surface area (Å²) in [5, 5.41) is 8.67. The molecule has 1 aromatic rings. The Balaban J connectivity index is 2.88. The predicted octanol–water partition coefficient (Wildman–Crippen LogP) is 2.73. The lowest BCUT2D eigenvalue weighted by Gasteiger charge is -2.00. The molecule has 14 heavy (non-hydrogen) atoms. The van der Waals surface area contributed by atoms with E-state index >= 15 is 0 Å². The van der Waals surface area contributed by atoms with Crippen molar-refractivity contribution in [1.82, 2.24) is 0 Å². The van der Waals surface area contributed by atoms with Crippen molar-refractivity contribution in [3.8, 4) is 0 Å². The lowest BCUT2D eigenvalue weighted by atomic mass is 10.1. The van der Waals surface area contributed by atoms with Crippen molar-refractivity contribution >= 4 is 11.5 Å². The van der Waals surface area contributed by atoms with Gasteiger partial charge in [0.2, 0.25) is 0 Å². The normalized spacial score (nSPS) is 11.1. The van der Waals surface area contributed by atoms with Crippen LogP contribution < -0.4 is 0 Å². The summed E-state index contributed by atoms with van der Waals surface area (Å²) in [6, 6.07) is 9.49. The van der Waals surface area contributed by atoms with E-state index in [-0.39, 0.29) is 0 Å². The molecule has 0 amide bonds. The SMILES string of the molecule is C=C(C=C(C)C(=O)O)c1ccccc1. The van der Waals surface area contributed by atoms with Crippen LogP contribution in [0.4, 0.5) is 0 Å². The Kier molecular flexibility index (Phi) is 3.24. The molecule has 0 aliphatic carbocycles. The molecule has 0 unspecified atom stereocenters. The molecular formula is C12H12O2. The Bertz CT molecular complexity index is 375. The standard InChI is InChI=1S/C12H12O2/c1-9(8-10(2)12(13)14)11-6-4-3-5-7-11/h3-8H,1H2,2H3,(H,13,14). The van der Waals surface area contributed by atoms with Gasteiger partial charge in [-0.15, -0.1) is 0 Å². The molecule has 0 bridgehead atoms. The van der Waals surface area contributed by atoms with Crippen LogP contribution in [0.3, 0.4) is 0 Å². The van der Waals surface area contributed by atoms with Gasteiger partial charge in [-0.1, -0.05) is 36.9 Å². The van der Waals surface area contributed by atoms with Crippen molar-refractivity contribution in [3.05, 3.63) is 54.1 Å². The lowest BCUT2D eigenvalue weighted by molar-refractivity contribution is -0.132. The molecule has 0 fully saturated rings. The molecule has 0 aliphatic heterocycles. The highest BCUT2D eigenvalue weighted by Gasteiger charge is 2.01. The van der Waals surface area contributed by atoms with Gasteiger partial charge in [0.1, 0.15) is 0 Å². The third kappa shape index (κ3) is 2.59. The fourth-order valence-corrected chi connectivity index (χ4v) is 1.06. The Morgan fingerprint density at radius 2 is 1.93 bits per heavy atom. The zero-order valence-electron chi connectivity index (χ0n) is 8.03. The maximum absolute atomic E-state index is 10.6. The summed E-state index contributed by atoms with van der Waals surface area (Å²) in [6.45, 7) is 5.36. The zero-order valence-corrected chi connectivity index (χ0v) is 8.03. The average molecular weight is 188 g/mol. The van der Waals surface area contributed by atoms with Crippen LogP contribution in [0, 0.1) is 0 Å². The van der Waals surface area contributed by atoms with E-state index in [0.29, 0.717) is 11.1 Å². The van der Waals surface area contributed by atoms with Crippen LogP contribution in [-0.4, -0.2) is 11.1 Å². The van der Waals surface area contributed by atoms with Crippen LogP contribution in [0.15, 0.2) is 48.6 Å². The molecule has 0 radical (unpaired) electrons. The quantitative estimate of drug-likeness (QED) is 0.585. The van der Waals surface area contributed by atoms with Crippen molar-refractivity contribution in [1.29, 1.82) is 0 Å². The van der Waals surface area contributed by atoms with Gasteiger partial charge in [-0.05, 0) is 24.1 Å². The summed E-state index contributed by atoms with van der Waals surface area (Å²) in [4.78, 5) is 10.6. The van der Waals surface area contributed by atoms with E-state index in [9.17, 15) is 4.79 Å². The number of carboxylic acids is 1. The highest BCUT2D eigenvalue weighted by molar-refractivity contribution is 5.90. The minimum atomic E-state index is -0.915. The third-order valence-corrected chi connectivity index (χ3v) is 1.87. The molecule has 1 N–H and O–H groups in total. The minimum absolute atomic E-state index is 0.291. The van der Waals surface area contributed by atoms with E-state index in [1.807, 2.05) is 30.3 Å². The molecular weight excluding hydrogens is 176 g/mol. The Hall–Kier alpha value is -1.83. The summed E-state index contributed by atoms with van der Waals surface area (Å²) >= 11 is 0. The molecule has 1 rings (SSSR count). The molecule has 0 atom stereocenters. The second-order valence-corrected chi connectivity index (χ2v) is 3.02. The zero-order chi connectivity index (χ0) is 10.6. The summed E-state index contributed by atoms with van der Waals surface area (Å²) in [5.41, 5.74) is 1.94. The number of hydrogen-bond acceptors (Lipinski definition) is 1. The number of carboxylic acid groups (broad SMARTS) is 1. The fraction of sp³-hybridized carbons (Fsp3) is 0.0833.